The molecule has 0 radical (unpaired) electrons. The largest absolute Gasteiger partial charge is 0.456 e. The molecule has 0 aliphatic heterocycles. The second-order valence-corrected chi connectivity index (χ2v) is 6.01. The normalized spacial score (nSPS) is 18.0. The van der Waals surface area contributed by atoms with Crippen molar-refractivity contribution < 1.29 is 9.53 Å². The molecule has 0 bridgehead atoms. The van der Waals surface area contributed by atoms with E-state index in [0.717, 1.165) is 12.8 Å². The van der Waals surface area contributed by atoms with Gasteiger partial charge in [-0.25, -0.2) is 4.79 Å². The molecular formula is C17H22O2. The number of esters is 1. The number of hydrogen-bond donors (Lipinski definition) is 0. The van der Waals surface area contributed by atoms with Crippen molar-refractivity contribution in [2.75, 3.05) is 0 Å². The van der Waals surface area contributed by atoms with Crippen LogP contribution in [0, 0.1) is 6.92 Å². The zero-order valence-electron chi connectivity index (χ0n) is 12.2. The van der Waals surface area contributed by atoms with Gasteiger partial charge in [0.25, 0.3) is 0 Å². The highest BCUT2D eigenvalue weighted by Crippen LogP contribution is 2.43. The fraction of sp³-hybridized carbons (Fsp3) is 0.471. The predicted octanol–water partition coefficient (Wildman–Crippen LogP) is 3.92. The highest BCUT2D eigenvalue weighted by molar-refractivity contribution is 5.87. The smallest absolute Gasteiger partial charge is 0.333 e. The number of fused-ring (bicyclic) bond motifs is 1. The third-order valence-electron chi connectivity index (χ3n) is 4.05. The third kappa shape index (κ3) is 2.58. The zero-order chi connectivity index (χ0) is 14.2. The van der Waals surface area contributed by atoms with E-state index in [9.17, 15) is 4.79 Å². The summed E-state index contributed by atoms with van der Waals surface area (Å²) in [5.41, 5.74) is 4.05. The number of aryl methyl sites for hydroxylation is 1. The molecule has 1 aromatic rings. The van der Waals surface area contributed by atoms with Crippen molar-refractivity contribution in [3.63, 3.8) is 0 Å². The molecule has 1 aromatic carbocycles. The Bertz CT molecular complexity index is 526. The molecular weight excluding hydrogens is 236 g/mol. The summed E-state index contributed by atoms with van der Waals surface area (Å²) < 4.78 is 5.64. The molecule has 0 aromatic heterocycles. The van der Waals surface area contributed by atoms with Gasteiger partial charge in [-0.05, 0) is 57.2 Å². The maximum atomic E-state index is 11.8. The lowest BCUT2D eigenvalue weighted by molar-refractivity contribution is -0.153. The van der Waals surface area contributed by atoms with Crippen molar-refractivity contribution in [3.05, 3.63) is 47.0 Å². The van der Waals surface area contributed by atoms with Crippen molar-refractivity contribution in [2.45, 2.75) is 52.1 Å². The standard InChI is InChI=1S/C17H22O2/c1-11(2)16(18)19-17(4,5)15-10-9-13-12(3)7-6-8-14(13)15/h6-8,15H,1,9-10H2,2-5H3. The van der Waals surface area contributed by atoms with E-state index in [0.29, 0.717) is 5.57 Å². The first-order valence-corrected chi connectivity index (χ1v) is 6.80. The Kier molecular flexibility index (Phi) is 3.53. The number of carbonyl (C=O) groups excluding carboxylic acids is 1. The van der Waals surface area contributed by atoms with Crippen molar-refractivity contribution >= 4 is 5.97 Å². The van der Waals surface area contributed by atoms with Crippen molar-refractivity contribution in [1.29, 1.82) is 0 Å². The van der Waals surface area contributed by atoms with Gasteiger partial charge < -0.3 is 4.74 Å². The van der Waals surface area contributed by atoms with E-state index < -0.39 is 5.60 Å². The third-order valence-corrected chi connectivity index (χ3v) is 4.05. The Morgan fingerprint density at radius 1 is 1.42 bits per heavy atom. The van der Waals surface area contributed by atoms with Gasteiger partial charge in [-0.2, -0.15) is 0 Å². The summed E-state index contributed by atoms with van der Waals surface area (Å²) >= 11 is 0. The highest BCUT2D eigenvalue weighted by Gasteiger charge is 2.38. The fourth-order valence-electron chi connectivity index (χ4n) is 2.96. The van der Waals surface area contributed by atoms with Crippen LogP contribution >= 0.6 is 0 Å². The molecule has 2 rings (SSSR count). The summed E-state index contributed by atoms with van der Waals surface area (Å²) in [6, 6.07) is 6.40. The molecule has 1 atom stereocenters. The maximum Gasteiger partial charge on any atom is 0.333 e. The second kappa shape index (κ2) is 4.84. The van der Waals surface area contributed by atoms with Gasteiger partial charge in [0.2, 0.25) is 0 Å². The van der Waals surface area contributed by atoms with Gasteiger partial charge in [0.15, 0.2) is 0 Å². The number of carbonyl (C=O) groups is 1. The first kappa shape index (κ1) is 13.9. The minimum Gasteiger partial charge on any atom is -0.456 e. The highest BCUT2D eigenvalue weighted by atomic mass is 16.6. The lowest BCUT2D eigenvalue weighted by Gasteiger charge is -2.32. The van der Waals surface area contributed by atoms with Gasteiger partial charge in [0, 0.05) is 11.5 Å². The second-order valence-electron chi connectivity index (χ2n) is 6.01. The quantitative estimate of drug-likeness (QED) is 0.606. The molecule has 0 amide bonds. The summed E-state index contributed by atoms with van der Waals surface area (Å²) in [7, 11) is 0. The molecule has 0 fully saturated rings. The molecule has 2 heteroatoms. The van der Waals surface area contributed by atoms with Crippen LogP contribution in [0.3, 0.4) is 0 Å². The molecule has 19 heavy (non-hydrogen) atoms. The van der Waals surface area contributed by atoms with Crippen LogP contribution in [0.2, 0.25) is 0 Å². The van der Waals surface area contributed by atoms with Gasteiger partial charge in [-0.1, -0.05) is 24.8 Å². The van der Waals surface area contributed by atoms with E-state index >= 15 is 0 Å². The van der Waals surface area contributed by atoms with E-state index in [4.69, 9.17) is 4.74 Å². The molecule has 0 heterocycles. The Morgan fingerprint density at radius 2 is 2.11 bits per heavy atom. The lowest BCUT2D eigenvalue weighted by Crippen LogP contribution is -2.34. The van der Waals surface area contributed by atoms with Gasteiger partial charge >= 0.3 is 5.97 Å². The molecule has 0 spiro atoms. The molecule has 1 aliphatic rings. The van der Waals surface area contributed by atoms with E-state index in [1.165, 1.54) is 16.7 Å². The fourth-order valence-corrected chi connectivity index (χ4v) is 2.96. The van der Waals surface area contributed by atoms with Crippen LogP contribution in [0.15, 0.2) is 30.4 Å². The van der Waals surface area contributed by atoms with E-state index in [1.807, 2.05) is 13.8 Å². The summed E-state index contributed by atoms with van der Waals surface area (Å²) in [6.07, 6.45) is 2.11. The van der Waals surface area contributed by atoms with Crippen LogP contribution in [-0.2, 0) is 16.0 Å². The van der Waals surface area contributed by atoms with Crippen LogP contribution in [0.1, 0.15) is 49.8 Å². The van der Waals surface area contributed by atoms with E-state index in [-0.39, 0.29) is 11.9 Å². The first-order valence-electron chi connectivity index (χ1n) is 6.80. The summed E-state index contributed by atoms with van der Waals surface area (Å²) in [5.74, 6) is -0.0307. The monoisotopic (exact) mass is 258 g/mol. The predicted molar refractivity (Wildman–Crippen MR) is 77.2 cm³/mol. The van der Waals surface area contributed by atoms with Crippen molar-refractivity contribution in [3.8, 4) is 0 Å². The summed E-state index contributed by atoms with van der Waals surface area (Å²) in [6.45, 7) is 11.5. The van der Waals surface area contributed by atoms with Crippen LogP contribution < -0.4 is 0 Å². The van der Waals surface area contributed by atoms with Gasteiger partial charge in [-0.15, -0.1) is 0 Å². The van der Waals surface area contributed by atoms with E-state index in [1.54, 1.807) is 6.92 Å². The van der Waals surface area contributed by atoms with Crippen LogP contribution in [0.5, 0.6) is 0 Å². The van der Waals surface area contributed by atoms with Gasteiger partial charge in [0.1, 0.15) is 5.60 Å². The van der Waals surface area contributed by atoms with Gasteiger partial charge in [-0.3, -0.25) is 0 Å². The SMILES string of the molecule is C=C(C)C(=O)OC(C)(C)C1CCc2c(C)cccc21. The molecule has 1 aliphatic carbocycles. The number of hydrogen-bond acceptors (Lipinski definition) is 2. The average molecular weight is 258 g/mol. The minimum absolute atomic E-state index is 0.269. The summed E-state index contributed by atoms with van der Waals surface area (Å²) in [5, 5.41) is 0. The lowest BCUT2D eigenvalue weighted by atomic mass is 9.85. The Balaban J connectivity index is 2.27. The van der Waals surface area contributed by atoms with Crippen molar-refractivity contribution in [2.24, 2.45) is 0 Å². The average Bonchev–Trinajstić information content (AvgIpc) is 2.74. The van der Waals surface area contributed by atoms with Gasteiger partial charge in [0.05, 0.1) is 0 Å². The van der Waals surface area contributed by atoms with Crippen LogP contribution in [-0.4, -0.2) is 11.6 Å². The number of rotatable bonds is 3. The Labute approximate surface area is 115 Å². The number of ether oxygens (including phenoxy) is 1. The Morgan fingerprint density at radius 3 is 2.74 bits per heavy atom. The maximum absolute atomic E-state index is 11.8. The molecule has 102 valence electrons. The number of benzene rings is 1. The molecule has 0 saturated carbocycles. The minimum atomic E-state index is -0.491. The zero-order valence-corrected chi connectivity index (χ0v) is 12.2. The molecule has 0 saturated heterocycles. The van der Waals surface area contributed by atoms with E-state index in [2.05, 4.69) is 31.7 Å². The molecule has 0 N–H and O–H groups in total. The van der Waals surface area contributed by atoms with Crippen LogP contribution in [0.25, 0.3) is 0 Å². The van der Waals surface area contributed by atoms with Crippen LogP contribution in [0.4, 0.5) is 0 Å². The molecule has 2 nitrogen and oxygen atoms in total. The summed E-state index contributed by atoms with van der Waals surface area (Å²) in [4.78, 5) is 11.8. The topological polar surface area (TPSA) is 26.3 Å². The van der Waals surface area contributed by atoms with Crippen molar-refractivity contribution in [1.82, 2.24) is 0 Å². The Hall–Kier alpha value is -1.57. The first-order chi connectivity index (χ1) is 8.83. The molecule has 1 unspecified atom stereocenters.